The normalized spacial score (nSPS) is 11.2. The average molecular weight is 186 g/mol. The summed E-state index contributed by atoms with van der Waals surface area (Å²) in [5, 5.41) is 0. The Hall–Kier alpha value is -1.52. The highest BCUT2D eigenvalue weighted by molar-refractivity contribution is 5.33. The van der Waals surface area contributed by atoms with E-state index < -0.39 is 0 Å². The molecule has 0 aliphatic heterocycles. The first-order valence-electron chi connectivity index (χ1n) is 4.61. The minimum absolute atomic E-state index is 0.0695. The Morgan fingerprint density at radius 3 is 2.79 bits per heavy atom. The molecule has 1 rings (SSSR count). The van der Waals surface area contributed by atoms with Crippen LogP contribution in [-0.2, 0) is 4.74 Å². The van der Waals surface area contributed by atoms with Crippen molar-refractivity contribution in [3.63, 3.8) is 0 Å². The van der Waals surface area contributed by atoms with Crippen LogP contribution in [0.4, 0.5) is 0 Å². The molecule has 0 fully saturated rings. The molecule has 1 unspecified atom stereocenters. The fraction of sp³-hybridized carbons (Fsp3) is 0.231. The molecule has 0 N–H and O–H groups in total. The molecule has 1 aromatic carbocycles. The smallest absolute Gasteiger partial charge is 0.108 e. The Labute approximate surface area is 85.4 Å². The van der Waals surface area contributed by atoms with E-state index in [0.29, 0.717) is 6.61 Å². The molecule has 0 bridgehead atoms. The van der Waals surface area contributed by atoms with Crippen LogP contribution in [0.3, 0.4) is 0 Å². The number of hydrogen-bond donors (Lipinski definition) is 0. The molecule has 72 valence electrons. The Kier molecular flexibility index (Phi) is 4.54. The van der Waals surface area contributed by atoms with E-state index in [0.717, 1.165) is 5.56 Å². The van der Waals surface area contributed by atoms with Crippen LogP contribution in [0.2, 0.25) is 0 Å². The van der Waals surface area contributed by atoms with Gasteiger partial charge in [0.1, 0.15) is 6.61 Å². The third kappa shape index (κ3) is 3.93. The quantitative estimate of drug-likeness (QED) is 0.521. The van der Waals surface area contributed by atoms with E-state index in [1.165, 1.54) is 0 Å². The summed E-state index contributed by atoms with van der Waals surface area (Å²) in [6.45, 7) is 6.01. The summed E-state index contributed by atoms with van der Waals surface area (Å²) in [6.07, 6.45) is 1.82. The van der Waals surface area contributed by atoms with Gasteiger partial charge >= 0.3 is 0 Å². The van der Waals surface area contributed by atoms with Gasteiger partial charge in [0.25, 0.3) is 0 Å². The molecule has 14 heavy (non-hydrogen) atoms. The van der Waals surface area contributed by atoms with Crippen molar-refractivity contribution >= 4 is 0 Å². The van der Waals surface area contributed by atoms with Crippen molar-refractivity contribution in [3.05, 3.63) is 48.6 Å². The SMILES string of the molecule is C=CC(C)OCC#Cc1ccccc1. The zero-order valence-electron chi connectivity index (χ0n) is 8.36. The second-order valence-corrected chi connectivity index (χ2v) is 2.92. The molecule has 0 heterocycles. The largest absolute Gasteiger partial charge is 0.362 e. The molecule has 0 saturated carbocycles. The van der Waals surface area contributed by atoms with Gasteiger partial charge in [0.05, 0.1) is 6.10 Å². The summed E-state index contributed by atoms with van der Waals surface area (Å²) in [5.74, 6) is 5.96. The topological polar surface area (TPSA) is 9.23 Å². The average Bonchev–Trinajstić information content (AvgIpc) is 2.25. The lowest BCUT2D eigenvalue weighted by molar-refractivity contribution is 0.127. The summed E-state index contributed by atoms with van der Waals surface area (Å²) in [4.78, 5) is 0. The molecule has 0 aliphatic rings. The van der Waals surface area contributed by atoms with Gasteiger partial charge in [-0.1, -0.05) is 36.1 Å². The number of benzene rings is 1. The van der Waals surface area contributed by atoms with E-state index in [-0.39, 0.29) is 6.10 Å². The zero-order valence-corrected chi connectivity index (χ0v) is 8.36. The van der Waals surface area contributed by atoms with Crippen molar-refractivity contribution in [2.75, 3.05) is 6.61 Å². The zero-order chi connectivity index (χ0) is 10.2. The Morgan fingerprint density at radius 1 is 1.43 bits per heavy atom. The molecule has 0 spiro atoms. The van der Waals surface area contributed by atoms with Crippen LogP contribution < -0.4 is 0 Å². The van der Waals surface area contributed by atoms with Gasteiger partial charge < -0.3 is 4.74 Å². The lowest BCUT2D eigenvalue weighted by Crippen LogP contribution is -2.03. The molecular formula is C13H14O. The van der Waals surface area contributed by atoms with Crippen LogP contribution in [0.1, 0.15) is 12.5 Å². The molecule has 0 amide bonds. The first-order chi connectivity index (χ1) is 6.83. The molecule has 0 aromatic heterocycles. The Morgan fingerprint density at radius 2 is 2.14 bits per heavy atom. The maximum Gasteiger partial charge on any atom is 0.108 e. The molecule has 1 atom stereocenters. The first-order valence-corrected chi connectivity index (χ1v) is 4.61. The number of rotatable bonds is 3. The van der Waals surface area contributed by atoms with Gasteiger partial charge in [-0.3, -0.25) is 0 Å². The van der Waals surface area contributed by atoms with Crippen LogP contribution in [0.15, 0.2) is 43.0 Å². The predicted molar refractivity (Wildman–Crippen MR) is 58.9 cm³/mol. The maximum absolute atomic E-state index is 5.32. The highest BCUT2D eigenvalue weighted by Gasteiger charge is 1.90. The van der Waals surface area contributed by atoms with Crippen molar-refractivity contribution in [2.45, 2.75) is 13.0 Å². The summed E-state index contributed by atoms with van der Waals surface area (Å²) in [7, 11) is 0. The monoisotopic (exact) mass is 186 g/mol. The van der Waals surface area contributed by atoms with Crippen LogP contribution in [0.25, 0.3) is 0 Å². The van der Waals surface area contributed by atoms with Gasteiger partial charge in [-0.2, -0.15) is 0 Å². The van der Waals surface area contributed by atoms with Crippen molar-refractivity contribution in [1.29, 1.82) is 0 Å². The van der Waals surface area contributed by atoms with Crippen LogP contribution in [0.5, 0.6) is 0 Å². The van der Waals surface area contributed by atoms with Crippen molar-refractivity contribution in [1.82, 2.24) is 0 Å². The van der Waals surface area contributed by atoms with Gasteiger partial charge in [-0.25, -0.2) is 0 Å². The minimum atomic E-state index is 0.0695. The van der Waals surface area contributed by atoms with Crippen molar-refractivity contribution in [3.8, 4) is 11.8 Å². The van der Waals surface area contributed by atoms with Gasteiger partial charge in [-0.15, -0.1) is 6.58 Å². The molecule has 0 radical (unpaired) electrons. The van der Waals surface area contributed by atoms with E-state index in [4.69, 9.17) is 4.74 Å². The van der Waals surface area contributed by atoms with Gasteiger partial charge in [-0.05, 0) is 19.1 Å². The summed E-state index contributed by atoms with van der Waals surface area (Å²) >= 11 is 0. The lowest BCUT2D eigenvalue weighted by Gasteiger charge is -2.02. The molecule has 0 saturated heterocycles. The number of ether oxygens (including phenoxy) is 1. The Bertz CT molecular complexity index is 329. The first kappa shape index (κ1) is 10.6. The third-order valence-corrected chi connectivity index (χ3v) is 1.76. The lowest BCUT2D eigenvalue weighted by atomic mass is 10.2. The van der Waals surface area contributed by atoms with E-state index >= 15 is 0 Å². The molecule has 1 heteroatoms. The predicted octanol–water partition coefficient (Wildman–Crippen LogP) is 2.63. The van der Waals surface area contributed by atoms with Crippen molar-refractivity contribution in [2.24, 2.45) is 0 Å². The summed E-state index contributed by atoms with van der Waals surface area (Å²) in [5.41, 5.74) is 1.02. The number of hydrogen-bond acceptors (Lipinski definition) is 1. The van der Waals surface area contributed by atoms with Gasteiger partial charge in [0.2, 0.25) is 0 Å². The fourth-order valence-electron chi connectivity index (χ4n) is 0.901. The van der Waals surface area contributed by atoms with E-state index in [1.807, 2.05) is 37.3 Å². The van der Waals surface area contributed by atoms with Gasteiger partial charge in [0.15, 0.2) is 0 Å². The minimum Gasteiger partial charge on any atom is -0.362 e. The molecule has 1 nitrogen and oxygen atoms in total. The Balaban J connectivity index is 2.38. The summed E-state index contributed by atoms with van der Waals surface area (Å²) in [6, 6.07) is 9.86. The maximum atomic E-state index is 5.32. The second-order valence-electron chi connectivity index (χ2n) is 2.92. The summed E-state index contributed by atoms with van der Waals surface area (Å²) < 4.78 is 5.32. The second kappa shape index (κ2) is 6.01. The molecule has 1 aromatic rings. The van der Waals surface area contributed by atoms with Crippen molar-refractivity contribution < 1.29 is 4.74 Å². The highest BCUT2D eigenvalue weighted by atomic mass is 16.5. The van der Waals surface area contributed by atoms with E-state index in [9.17, 15) is 0 Å². The standard InChI is InChI=1S/C13H14O/c1-3-12(2)14-11-7-10-13-8-5-4-6-9-13/h3-6,8-9,12H,1,11H2,2H3. The van der Waals surface area contributed by atoms with Gasteiger partial charge in [0, 0.05) is 5.56 Å². The molecule has 0 aliphatic carbocycles. The molecular weight excluding hydrogens is 172 g/mol. The van der Waals surface area contributed by atoms with Crippen LogP contribution >= 0.6 is 0 Å². The highest BCUT2D eigenvalue weighted by Crippen LogP contribution is 1.95. The van der Waals surface area contributed by atoms with Crippen LogP contribution in [0, 0.1) is 11.8 Å². The van der Waals surface area contributed by atoms with Crippen LogP contribution in [-0.4, -0.2) is 12.7 Å². The van der Waals surface area contributed by atoms with E-state index in [2.05, 4.69) is 18.4 Å². The third-order valence-electron chi connectivity index (χ3n) is 1.76. The fourth-order valence-corrected chi connectivity index (χ4v) is 0.901. The van der Waals surface area contributed by atoms with E-state index in [1.54, 1.807) is 6.08 Å².